The molecule has 0 aliphatic rings. The van der Waals surface area contributed by atoms with Gasteiger partial charge >= 0.3 is 0 Å². The van der Waals surface area contributed by atoms with Gasteiger partial charge in [-0.1, -0.05) is 0 Å². The van der Waals surface area contributed by atoms with Gasteiger partial charge in [0.15, 0.2) is 5.03 Å². The van der Waals surface area contributed by atoms with Crippen LogP contribution in [0.15, 0.2) is 23.4 Å². The summed E-state index contributed by atoms with van der Waals surface area (Å²) in [6.07, 6.45) is 1.45. The number of sulfonamides is 1. The van der Waals surface area contributed by atoms with Gasteiger partial charge in [0.25, 0.3) is 10.0 Å². The zero-order chi connectivity index (χ0) is 11.5. The van der Waals surface area contributed by atoms with E-state index in [0.717, 1.165) is 0 Å². The standard InChI is InChI=1S/C9H15N3O2S/c1-7(2)12-15(13,14)9-8(10-3)5-4-6-11-9/h4-7,10,12H,1-3H3. The Balaban J connectivity index is 3.15. The third-order valence-electron chi connectivity index (χ3n) is 1.69. The molecule has 1 aromatic rings. The molecule has 0 amide bonds. The van der Waals surface area contributed by atoms with Crippen molar-refractivity contribution in [1.82, 2.24) is 9.71 Å². The monoisotopic (exact) mass is 229 g/mol. The summed E-state index contributed by atoms with van der Waals surface area (Å²) in [6, 6.07) is 3.20. The molecule has 0 aliphatic heterocycles. The smallest absolute Gasteiger partial charge is 0.260 e. The Morgan fingerprint density at radius 3 is 2.60 bits per heavy atom. The Kier molecular flexibility index (Phi) is 3.65. The zero-order valence-corrected chi connectivity index (χ0v) is 9.80. The van der Waals surface area contributed by atoms with Gasteiger partial charge in [0, 0.05) is 19.3 Å². The summed E-state index contributed by atoms with van der Waals surface area (Å²) < 4.78 is 26.1. The largest absolute Gasteiger partial charge is 0.386 e. The van der Waals surface area contributed by atoms with E-state index in [-0.39, 0.29) is 11.1 Å². The van der Waals surface area contributed by atoms with Crippen LogP contribution in [0.5, 0.6) is 0 Å². The highest BCUT2D eigenvalue weighted by atomic mass is 32.2. The maximum absolute atomic E-state index is 11.8. The van der Waals surface area contributed by atoms with Gasteiger partial charge in [-0.05, 0) is 26.0 Å². The van der Waals surface area contributed by atoms with Crippen molar-refractivity contribution in [3.8, 4) is 0 Å². The summed E-state index contributed by atoms with van der Waals surface area (Å²) in [5, 5.41) is 2.82. The summed E-state index contributed by atoms with van der Waals surface area (Å²) in [5.41, 5.74) is 0.491. The number of nitrogens with zero attached hydrogens (tertiary/aromatic N) is 1. The van der Waals surface area contributed by atoms with Crippen LogP contribution in [0, 0.1) is 0 Å². The molecule has 0 bridgehead atoms. The minimum atomic E-state index is -3.53. The first-order valence-electron chi connectivity index (χ1n) is 4.62. The molecule has 84 valence electrons. The first kappa shape index (κ1) is 11.9. The van der Waals surface area contributed by atoms with Crippen LogP contribution in [0.3, 0.4) is 0 Å². The molecule has 6 heteroatoms. The molecule has 0 saturated carbocycles. The summed E-state index contributed by atoms with van der Waals surface area (Å²) >= 11 is 0. The van der Waals surface area contributed by atoms with E-state index in [1.54, 1.807) is 33.0 Å². The third-order valence-corrected chi connectivity index (χ3v) is 3.30. The fourth-order valence-electron chi connectivity index (χ4n) is 1.16. The van der Waals surface area contributed by atoms with Crippen LogP contribution in [0.1, 0.15) is 13.8 Å². The molecule has 0 radical (unpaired) electrons. The predicted molar refractivity (Wildman–Crippen MR) is 59.2 cm³/mol. The molecule has 0 aromatic carbocycles. The highest BCUT2D eigenvalue weighted by Crippen LogP contribution is 2.16. The molecule has 1 aromatic heterocycles. The molecule has 0 atom stereocenters. The van der Waals surface area contributed by atoms with Crippen LogP contribution in [-0.2, 0) is 10.0 Å². The van der Waals surface area contributed by atoms with Crippen molar-refractivity contribution in [3.63, 3.8) is 0 Å². The third kappa shape index (κ3) is 2.90. The lowest BCUT2D eigenvalue weighted by Gasteiger charge is -2.11. The fraction of sp³-hybridized carbons (Fsp3) is 0.444. The van der Waals surface area contributed by atoms with Gasteiger partial charge in [-0.15, -0.1) is 0 Å². The number of nitrogens with one attached hydrogen (secondary N) is 2. The molecule has 2 N–H and O–H groups in total. The maximum atomic E-state index is 11.8. The SMILES string of the molecule is CNc1cccnc1S(=O)(=O)NC(C)C. The number of hydrogen-bond acceptors (Lipinski definition) is 4. The van der Waals surface area contributed by atoms with E-state index in [1.165, 1.54) is 6.20 Å². The maximum Gasteiger partial charge on any atom is 0.260 e. The summed E-state index contributed by atoms with van der Waals surface area (Å²) in [6.45, 7) is 3.53. The van der Waals surface area contributed by atoms with Gasteiger partial charge in [-0.2, -0.15) is 0 Å². The van der Waals surface area contributed by atoms with Crippen LogP contribution in [0.25, 0.3) is 0 Å². The summed E-state index contributed by atoms with van der Waals surface area (Å²) in [4.78, 5) is 3.86. The van der Waals surface area contributed by atoms with Crippen molar-refractivity contribution < 1.29 is 8.42 Å². The van der Waals surface area contributed by atoms with E-state index in [1.807, 2.05) is 0 Å². The lowest BCUT2D eigenvalue weighted by Crippen LogP contribution is -2.31. The van der Waals surface area contributed by atoms with Gasteiger partial charge in [-0.25, -0.2) is 18.1 Å². The summed E-state index contributed by atoms with van der Waals surface area (Å²) in [5.74, 6) is 0. The number of anilines is 1. The number of pyridine rings is 1. The van der Waals surface area contributed by atoms with Crippen LogP contribution in [-0.4, -0.2) is 26.5 Å². The van der Waals surface area contributed by atoms with Crippen molar-refractivity contribution in [2.45, 2.75) is 24.9 Å². The fourth-order valence-corrected chi connectivity index (χ4v) is 2.55. The molecule has 0 unspecified atom stereocenters. The minimum absolute atomic E-state index is 0.0289. The van der Waals surface area contributed by atoms with Gasteiger partial charge in [0.05, 0.1) is 5.69 Å². The van der Waals surface area contributed by atoms with E-state index in [2.05, 4.69) is 15.0 Å². The van der Waals surface area contributed by atoms with Gasteiger partial charge in [0.1, 0.15) is 0 Å². The molecule has 1 heterocycles. The Hall–Kier alpha value is -1.14. The molecule has 0 aliphatic carbocycles. The van der Waals surface area contributed by atoms with Gasteiger partial charge in [0.2, 0.25) is 0 Å². The van der Waals surface area contributed by atoms with Crippen molar-refractivity contribution in [2.75, 3.05) is 12.4 Å². The lowest BCUT2D eigenvalue weighted by atomic mass is 10.4. The van der Waals surface area contributed by atoms with Gasteiger partial charge < -0.3 is 5.32 Å². The van der Waals surface area contributed by atoms with Crippen molar-refractivity contribution in [2.24, 2.45) is 0 Å². The number of hydrogen-bond donors (Lipinski definition) is 2. The first-order valence-corrected chi connectivity index (χ1v) is 6.11. The molecular weight excluding hydrogens is 214 g/mol. The topological polar surface area (TPSA) is 71.1 Å². The number of rotatable bonds is 4. The van der Waals surface area contributed by atoms with Crippen LogP contribution < -0.4 is 10.0 Å². The first-order chi connectivity index (χ1) is 6.97. The molecule has 0 saturated heterocycles. The molecule has 0 spiro atoms. The van der Waals surface area contributed by atoms with Crippen molar-refractivity contribution in [1.29, 1.82) is 0 Å². The molecule has 5 nitrogen and oxygen atoms in total. The van der Waals surface area contributed by atoms with E-state index in [4.69, 9.17) is 0 Å². The second kappa shape index (κ2) is 4.59. The zero-order valence-electron chi connectivity index (χ0n) is 8.98. The van der Waals surface area contributed by atoms with Crippen LogP contribution in [0.2, 0.25) is 0 Å². The van der Waals surface area contributed by atoms with E-state index >= 15 is 0 Å². The minimum Gasteiger partial charge on any atom is -0.386 e. The highest BCUT2D eigenvalue weighted by molar-refractivity contribution is 7.89. The Morgan fingerprint density at radius 1 is 1.40 bits per heavy atom. The van der Waals surface area contributed by atoms with Crippen molar-refractivity contribution in [3.05, 3.63) is 18.3 Å². The highest BCUT2D eigenvalue weighted by Gasteiger charge is 2.20. The Labute approximate surface area is 90.0 Å². The number of aromatic nitrogens is 1. The quantitative estimate of drug-likeness (QED) is 0.801. The molecular formula is C9H15N3O2S. The summed E-state index contributed by atoms with van der Waals surface area (Å²) in [7, 11) is -1.87. The Bertz CT molecular complexity index is 429. The average molecular weight is 229 g/mol. The van der Waals surface area contributed by atoms with Gasteiger partial charge in [-0.3, -0.25) is 0 Å². The van der Waals surface area contributed by atoms with E-state index in [9.17, 15) is 8.42 Å². The molecule has 15 heavy (non-hydrogen) atoms. The van der Waals surface area contributed by atoms with Crippen LogP contribution in [0.4, 0.5) is 5.69 Å². The molecule has 1 rings (SSSR count). The van der Waals surface area contributed by atoms with E-state index in [0.29, 0.717) is 5.69 Å². The average Bonchev–Trinajstić information content (AvgIpc) is 2.16. The Morgan fingerprint density at radius 2 is 2.07 bits per heavy atom. The normalized spacial score (nSPS) is 11.7. The second-order valence-electron chi connectivity index (χ2n) is 3.38. The van der Waals surface area contributed by atoms with Crippen molar-refractivity contribution >= 4 is 15.7 Å². The molecule has 0 fully saturated rings. The predicted octanol–water partition coefficient (Wildman–Crippen LogP) is 0.810. The van der Waals surface area contributed by atoms with Crippen LogP contribution >= 0.6 is 0 Å². The second-order valence-corrected chi connectivity index (χ2v) is 5.01. The lowest BCUT2D eigenvalue weighted by molar-refractivity contribution is 0.566. The van der Waals surface area contributed by atoms with E-state index < -0.39 is 10.0 Å².